The highest BCUT2D eigenvalue weighted by Gasteiger charge is 2.34. The number of likely N-dealkylation sites (tertiary alicyclic amines) is 1. The van der Waals surface area contributed by atoms with E-state index in [1.54, 1.807) is 0 Å². The Kier molecular flexibility index (Phi) is 4.17. The number of amides is 2. The second kappa shape index (κ2) is 5.70. The zero-order chi connectivity index (χ0) is 14.8. The lowest BCUT2D eigenvalue weighted by Gasteiger charge is -2.30. The third kappa shape index (κ3) is 3.41. The quantitative estimate of drug-likeness (QED) is 0.834. The van der Waals surface area contributed by atoms with Crippen LogP contribution in [-0.4, -0.2) is 35.2 Å². The highest BCUT2D eigenvalue weighted by atomic mass is 19.4. The fourth-order valence-electron chi connectivity index (χ4n) is 2.17. The lowest BCUT2D eigenvalue weighted by Crippen LogP contribution is -2.44. The number of nitrogens with one attached hydrogen (secondary N) is 1. The summed E-state index contributed by atoms with van der Waals surface area (Å²) in [7, 11) is 0. The molecule has 1 aromatic rings. The molecule has 0 saturated carbocycles. The molecule has 0 unspecified atom stereocenters. The molecule has 0 aliphatic carbocycles. The van der Waals surface area contributed by atoms with Crippen LogP contribution in [0.3, 0.4) is 0 Å². The summed E-state index contributed by atoms with van der Waals surface area (Å²) in [6, 6.07) is 4.20. The van der Waals surface area contributed by atoms with Gasteiger partial charge in [0.25, 0.3) is 0 Å². The molecule has 20 heavy (non-hydrogen) atoms. The molecule has 1 atom stereocenters. The number of aliphatic hydroxyl groups excluding tert-OH is 1. The van der Waals surface area contributed by atoms with Gasteiger partial charge in [0.15, 0.2) is 0 Å². The van der Waals surface area contributed by atoms with E-state index < -0.39 is 23.9 Å². The lowest BCUT2D eigenvalue weighted by molar-refractivity contribution is -0.136. The summed E-state index contributed by atoms with van der Waals surface area (Å²) in [5.74, 6) is 0. The number of hydrogen-bond donors (Lipinski definition) is 2. The lowest BCUT2D eigenvalue weighted by atomic mass is 10.1. The minimum absolute atomic E-state index is 0.139. The Bertz CT molecular complexity index is 491. The molecule has 1 saturated heterocycles. The van der Waals surface area contributed by atoms with Crippen molar-refractivity contribution >= 4 is 11.7 Å². The average molecular weight is 288 g/mol. The molecule has 0 bridgehead atoms. The first-order chi connectivity index (χ1) is 9.38. The molecule has 0 aromatic heterocycles. The van der Waals surface area contributed by atoms with Gasteiger partial charge in [-0.1, -0.05) is 12.1 Å². The van der Waals surface area contributed by atoms with Gasteiger partial charge in [-0.2, -0.15) is 13.2 Å². The third-order valence-electron chi connectivity index (χ3n) is 3.16. The molecule has 110 valence electrons. The van der Waals surface area contributed by atoms with E-state index in [1.165, 1.54) is 23.1 Å². The molecule has 2 N–H and O–H groups in total. The summed E-state index contributed by atoms with van der Waals surface area (Å²) in [4.78, 5) is 13.2. The zero-order valence-electron chi connectivity index (χ0n) is 10.7. The van der Waals surface area contributed by atoms with Gasteiger partial charge in [-0.25, -0.2) is 4.79 Å². The normalized spacial score (nSPS) is 19.8. The topological polar surface area (TPSA) is 52.6 Å². The summed E-state index contributed by atoms with van der Waals surface area (Å²) in [5, 5.41) is 11.7. The fourth-order valence-corrected chi connectivity index (χ4v) is 2.17. The van der Waals surface area contributed by atoms with Crippen molar-refractivity contribution in [2.75, 3.05) is 18.4 Å². The number of para-hydroxylation sites is 1. The van der Waals surface area contributed by atoms with Crippen molar-refractivity contribution in [3.8, 4) is 0 Å². The fraction of sp³-hybridized carbons (Fsp3) is 0.462. The minimum atomic E-state index is -4.52. The number of benzene rings is 1. The van der Waals surface area contributed by atoms with Crippen LogP contribution in [0, 0.1) is 0 Å². The molecule has 1 heterocycles. The number of piperidine rings is 1. The summed E-state index contributed by atoms with van der Waals surface area (Å²) in [6.45, 7) is 0.567. The number of alkyl halides is 3. The number of carbonyl (C=O) groups is 1. The Labute approximate surface area is 114 Å². The summed E-state index contributed by atoms with van der Waals surface area (Å²) in [5.41, 5.74) is -1.16. The Morgan fingerprint density at radius 3 is 2.70 bits per heavy atom. The van der Waals surface area contributed by atoms with Gasteiger partial charge in [0, 0.05) is 13.1 Å². The molecule has 2 rings (SSSR count). The molecule has 0 radical (unpaired) electrons. The van der Waals surface area contributed by atoms with Crippen LogP contribution in [-0.2, 0) is 6.18 Å². The second-order valence-corrected chi connectivity index (χ2v) is 4.72. The number of β-amino-alcohol motifs (C(OH)–C–C–N with tert-alkyl or cyclic N) is 1. The molecule has 1 aromatic carbocycles. The van der Waals surface area contributed by atoms with Crippen LogP contribution in [0.1, 0.15) is 18.4 Å². The van der Waals surface area contributed by atoms with Crippen molar-refractivity contribution in [1.82, 2.24) is 4.90 Å². The van der Waals surface area contributed by atoms with E-state index in [0.717, 1.165) is 6.07 Å². The van der Waals surface area contributed by atoms with Crippen LogP contribution in [0.4, 0.5) is 23.7 Å². The van der Waals surface area contributed by atoms with Crippen molar-refractivity contribution in [2.45, 2.75) is 25.1 Å². The number of aliphatic hydroxyl groups is 1. The smallest absolute Gasteiger partial charge is 0.391 e. The molecular formula is C13H15F3N2O2. The van der Waals surface area contributed by atoms with Crippen LogP contribution in [0.5, 0.6) is 0 Å². The number of halogens is 3. The molecule has 1 fully saturated rings. The second-order valence-electron chi connectivity index (χ2n) is 4.72. The number of hydrogen-bond acceptors (Lipinski definition) is 2. The Morgan fingerprint density at radius 1 is 1.35 bits per heavy atom. The van der Waals surface area contributed by atoms with Gasteiger partial charge in [0.1, 0.15) is 0 Å². The Morgan fingerprint density at radius 2 is 2.05 bits per heavy atom. The van der Waals surface area contributed by atoms with Gasteiger partial charge in [0.2, 0.25) is 0 Å². The summed E-state index contributed by atoms with van der Waals surface area (Å²) >= 11 is 0. The minimum Gasteiger partial charge on any atom is -0.391 e. The van der Waals surface area contributed by atoms with Crippen molar-refractivity contribution in [2.24, 2.45) is 0 Å². The first-order valence-electron chi connectivity index (χ1n) is 6.28. The van der Waals surface area contributed by atoms with Crippen LogP contribution >= 0.6 is 0 Å². The number of anilines is 1. The molecule has 0 spiro atoms. The third-order valence-corrected chi connectivity index (χ3v) is 3.16. The molecule has 1 aliphatic heterocycles. The average Bonchev–Trinajstić information content (AvgIpc) is 2.38. The zero-order valence-corrected chi connectivity index (χ0v) is 10.7. The molecular weight excluding hydrogens is 273 g/mol. The maximum atomic E-state index is 12.8. The van der Waals surface area contributed by atoms with Crippen molar-refractivity contribution in [1.29, 1.82) is 0 Å². The molecule has 1 aliphatic rings. The monoisotopic (exact) mass is 288 g/mol. The number of urea groups is 1. The van der Waals surface area contributed by atoms with E-state index in [4.69, 9.17) is 0 Å². The highest BCUT2D eigenvalue weighted by molar-refractivity contribution is 5.90. The first-order valence-corrected chi connectivity index (χ1v) is 6.28. The number of rotatable bonds is 1. The summed E-state index contributed by atoms with van der Waals surface area (Å²) < 4.78 is 38.4. The molecule has 4 nitrogen and oxygen atoms in total. The van der Waals surface area contributed by atoms with Gasteiger partial charge >= 0.3 is 12.2 Å². The largest absolute Gasteiger partial charge is 0.418 e. The van der Waals surface area contributed by atoms with E-state index in [-0.39, 0.29) is 12.2 Å². The van der Waals surface area contributed by atoms with E-state index in [1.807, 2.05) is 0 Å². The first kappa shape index (κ1) is 14.6. The Hall–Kier alpha value is -1.76. The Balaban J connectivity index is 2.12. The van der Waals surface area contributed by atoms with Crippen LogP contribution in [0.2, 0.25) is 0 Å². The summed E-state index contributed by atoms with van der Waals surface area (Å²) in [6.07, 6.45) is -3.91. The van der Waals surface area contributed by atoms with E-state index in [9.17, 15) is 23.1 Å². The standard InChI is InChI=1S/C13H15F3N2O2/c14-13(15,16)10-5-1-2-6-11(10)17-12(20)18-7-3-4-9(19)8-18/h1-2,5-6,9,19H,3-4,7-8H2,(H,17,20)/t9-/m1/s1. The van der Waals surface area contributed by atoms with Crippen molar-refractivity contribution < 1.29 is 23.1 Å². The van der Waals surface area contributed by atoms with Gasteiger partial charge < -0.3 is 15.3 Å². The maximum absolute atomic E-state index is 12.8. The highest BCUT2D eigenvalue weighted by Crippen LogP contribution is 2.34. The van der Waals surface area contributed by atoms with Gasteiger partial charge in [-0.15, -0.1) is 0 Å². The van der Waals surface area contributed by atoms with E-state index in [2.05, 4.69) is 5.32 Å². The number of nitrogens with zero attached hydrogens (tertiary/aromatic N) is 1. The van der Waals surface area contributed by atoms with E-state index >= 15 is 0 Å². The SMILES string of the molecule is O=C(Nc1ccccc1C(F)(F)F)N1CCC[C@@H](O)C1. The van der Waals surface area contributed by atoms with Crippen LogP contribution in [0.25, 0.3) is 0 Å². The van der Waals surface area contributed by atoms with Crippen molar-refractivity contribution in [3.05, 3.63) is 29.8 Å². The van der Waals surface area contributed by atoms with Gasteiger partial charge in [0.05, 0.1) is 17.4 Å². The molecule has 7 heteroatoms. The van der Waals surface area contributed by atoms with Gasteiger partial charge in [-0.05, 0) is 25.0 Å². The van der Waals surface area contributed by atoms with Gasteiger partial charge in [-0.3, -0.25) is 0 Å². The predicted octanol–water partition coefficient (Wildman–Crippen LogP) is 2.69. The van der Waals surface area contributed by atoms with E-state index in [0.29, 0.717) is 19.4 Å². The predicted molar refractivity (Wildman–Crippen MR) is 67.3 cm³/mol. The van der Waals surface area contributed by atoms with Crippen LogP contribution in [0.15, 0.2) is 24.3 Å². The number of carbonyl (C=O) groups excluding carboxylic acids is 1. The maximum Gasteiger partial charge on any atom is 0.418 e. The molecule has 2 amide bonds. The van der Waals surface area contributed by atoms with Crippen molar-refractivity contribution in [3.63, 3.8) is 0 Å². The van der Waals surface area contributed by atoms with Crippen LogP contribution < -0.4 is 5.32 Å².